The summed E-state index contributed by atoms with van der Waals surface area (Å²) in [6, 6.07) is 5.86. The van der Waals surface area contributed by atoms with Crippen LogP contribution in [-0.2, 0) is 6.42 Å². The van der Waals surface area contributed by atoms with Crippen molar-refractivity contribution in [3.05, 3.63) is 33.8 Å². The molecule has 0 aliphatic rings. The summed E-state index contributed by atoms with van der Waals surface area (Å²) in [6.45, 7) is 2.07. The first-order valence-corrected chi connectivity index (χ1v) is 5.89. The lowest BCUT2D eigenvalue weighted by atomic mass is 10.0. The molecule has 0 radical (unpaired) electrons. The lowest BCUT2D eigenvalue weighted by Gasteiger charge is -2.04. The molecule has 0 aliphatic heterocycles. The Morgan fingerprint density at radius 3 is 2.79 bits per heavy atom. The number of hydrogen-bond acceptors (Lipinski definition) is 1. The highest BCUT2D eigenvalue weighted by atomic mass is 79.9. The van der Waals surface area contributed by atoms with Crippen LogP contribution in [0.5, 0.6) is 0 Å². The maximum atomic E-state index is 11.6. The lowest BCUT2D eigenvalue weighted by molar-refractivity contribution is 0.0988. The molecule has 1 aromatic carbocycles. The van der Waals surface area contributed by atoms with Crippen LogP contribution in [0.2, 0.25) is 0 Å². The molecule has 3 heteroatoms. The summed E-state index contributed by atoms with van der Waals surface area (Å²) < 4.78 is 0.852. The van der Waals surface area contributed by atoms with Crippen LogP contribution in [0.3, 0.4) is 0 Å². The van der Waals surface area contributed by atoms with Crippen molar-refractivity contribution in [3.63, 3.8) is 0 Å². The van der Waals surface area contributed by atoms with Gasteiger partial charge in [0.2, 0.25) is 0 Å². The van der Waals surface area contributed by atoms with E-state index in [4.69, 9.17) is 11.6 Å². The molecule has 1 rings (SSSR count). The van der Waals surface area contributed by atoms with Gasteiger partial charge < -0.3 is 0 Å². The Morgan fingerprint density at radius 2 is 2.21 bits per heavy atom. The first-order chi connectivity index (χ1) is 6.69. The highest BCUT2D eigenvalue weighted by Crippen LogP contribution is 2.20. The average Bonchev–Trinajstić information content (AvgIpc) is 2.19. The maximum Gasteiger partial charge on any atom is 0.165 e. The number of alkyl halides is 1. The van der Waals surface area contributed by atoms with Gasteiger partial charge >= 0.3 is 0 Å². The number of halogens is 2. The van der Waals surface area contributed by atoms with Crippen LogP contribution in [0.15, 0.2) is 22.7 Å². The van der Waals surface area contributed by atoms with Gasteiger partial charge in [-0.15, -0.1) is 11.6 Å². The normalized spacial score (nSPS) is 10.2. The van der Waals surface area contributed by atoms with Crippen molar-refractivity contribution in [2.75, 3.05) is 5.88 Å². The Kier molecular flexibility index (Phi) is 4.63. The van der Waals surface area contributed by atoms with Gasteiger partial charge in [-0.05, 0) is 24.1 Å². The van der Waals surface area contributed by atoms with Gasteiger partial charge in [-0.2, -0.15) is 0 Å². The zero-order valence-electron chi connectivity index (χ0n) is 8.02. The fourth-order valence-corrected chi connectivity index (χ4v) is 1.87. The quantitative estimate of drug-likeness (QED) is 0.603. The van der Waals surface area contributed by atoms with Gasteiger partial charge in [0.25, 0.3) is 0 Å². The number of Topliss-reactive ketones (excluding diaryl/α,β-unsaturated/α-hetero) is 1. The smallest absolute Gasteiger partial charge is 0.165 e. The van der Waals surface area contributed by atoms with Gasteiger partial charge in [0.05, 0.1) is 0 Å². The summed E-state index contributed by atoms with van der Waals surface area (Å²) in [5, 5.41) is 0. The molecule has 0 heterocycles. The van der Waals surface area contributed by atoms with E-state index < -0.39 is 0 Å². The number of aryl methyl sites for hydroxylation is 1. The van der Waals surface area contributed by atoms with Crippen molar-refractivity contribution < 1.29 is 4.79 Å². The summed E-state index contributed by atoms with van der Waals surface area (Å²) >= 11 is 8.90. The second-order valence-corrected chi connectivity index (χ2v) is 4.26. The molecule has 0 spiro atoms. The third-order valence-electron chi connectivity index (χ3n) is 2.06. The standard InChI is InChI=1S/C11H12BrClO/c1-2-8-3-4-10(12)9(7-8)11(14)5-6-13/h3-4,7H,2,5-6H2,1H3. The summed E-state index contributed by atoms with van der Waals surface area (Å²) in [6.07, 6.45) is 1.34. The van der Waals surface area contributed by atoms with E-state index in [9.17, 15) is 4.79 Å². The van der Waals surface area contributed by atoms with Crippen LogP contribution in [-0.4, -0.2) is 11.7 Å². The van der Waals surface area contributed by atoms with Gasteiger partial charge in [0, 0.05) is 22.3 Å². The molecule has 0 unspecified atom stereocenters. The molecule has 0 atom stereocenters. The molecular weight excluding hydrogens is 263 g/mol. The number of benzene rings is 1. The van der Waals surface area contributed by atoms with Gasteiger partial charge in [-0.25, -0.2) is 0 Å². The number of hydrogen-bond donors (Lipinski definition) is 0. The number of rotatable bonds is 4. The summed E-state index contributed by atoms with van der Waals surface area (Å²) in [5.41, 5.74) is 1.91. The Bertz CT molecular complexity index is 336. The van der Waals surface area contributed by atoms with E-state index in [0.717, 1.165) is 16.5 Å². The molecule has 0 amide bonds. The van der Waals surface area contributed by atoms with E-state index in [0.29, 0.717) is 12.3 Å². The van der Waals surface area contributed by atoms with Gasteiger partial charge in [0.15, 0.2) is 5.78 Å². The zero-order chi connectivity index (χ0) is 10.6. The zero-order valence-corrected chi connectivity index (χ0v) is 10.4. The third-order valence-corrected chi connectivity index (χ3v) is 2.94. The van der Waals surface area contributed by atoms with Crippen LogP contribution >= 0.6 is 27.5 Å². The van der Waals surface area contributed by atoms with Crippen LogP contribution in [0.25, 0.3) is 0 Å². The Morgan fingerprint density at radius 1 is 1.50 bits per heavy atom. The molecule has 0 fully saturated rings. The van der Waals surface area contributed by atoms with Crippen LogP contribution in [0.1, 0.15) is 29.3 Å². The van der Waals surface area contributed by atoms with E-state index in [1.54, 1.807) is 0 Å². The van der Waals surface area contributed by atoms with E-state index >= 15 is 0 Å². The Hall–Kier alpha value is -0.340. The molecule has 0 bridgehead atoms. The van der Waals surface area contributed by atoms with Crippen LogP contribution < -0.4 is 0 Å². The van der Waals surface area contributed by atoms with Gasteiger partial charge in [0.1, 0.15) is 0 Å². The predicted octanol–water partition coefficient (Wildman–Crippen LogP) is 3.82. The monoisotopic (exact) mass is 274 g/mol. The average molecular weight is 276 g/mol. The fourth-order valence-electron chi connectivity index (χ4n) is 1.23. The third kappa shape index (κ3) is 2.82. The van der Waals surface area contributed by atoms with Gasteiger partial charge in [-0.3, -0.25) is 4.79 Å². The summed E-state index contributed by atoms with van der Waals surface area (Å²) in [7, 11) is 0. The topological polar surface area (TPSA) is 17.1 Å². The number of carbonyl (C=O) groups is 1. The molecule has 0 aromatic heterocycles. The second kappa shape index (κ2) is 5.52. The second-order valence-electron chi connectivity index (χ2n) is 3.03. The minimum atomic E-state index is 0.0992. The van der Waals surface area contributed by atoms with Gasteiger partial charge in [-0.1, -0.05) is 28.9 Å². The summed E-state index contributed by atoms with van der Waals surface area (Å²) in [4.78, 5) is 11.6. The maximum absolute atomic E-state index is 11.6. The van der Waals surface area contributed by atoms with Crippen molar-refractivity contribution in [1.29, 1.82) is 0 Å². The molecule has 0 aliphatic carbocycles. The molecule has 1 aromatic rings. The van der Waals surface area contributed by atoms with Crippen molar-refractivity contribution >= 4 is 33.3 Å². The van der Waals surface area contributed by atoms with Crippen molar-refractivity contribution in [3.8, 4) is 0 Å². The molecule has 14 heavy (non-hydrogen) atoms. The predicted molar refractivity (Wildman–Crippen MR) is 63.2 cm³/mol. The highest BCUT2D eigenvalue weighted by Gasteiger charge is 2.09. The van der Waals surface area contributed by atoms with E-state index in [1.807, 2.05) is 18.2 Å². The number of ketones is 1. The minimum absolute atomic E-state index is 0.0992. The van der Waals surface area contributed by atoms with Crippen molar-refractivity contribution in [2.24, 2.45) is 0 Å². The van der Waals surface area contributed by atoms with Crippen LogP contribution in [0, 0.1) is 0 Å². The first kappa shape index (κ1) is 11.7. The van der Waals surface area contributed by atoms with E-state index in [-0.39, 0.29) is 5.78 Å². The van der Waals surface area contributed by atoms with Crippen molar-refractivity contribution in [2.45, 2.75) is 19.8 Å². The SMILES string of the molecule is CCc1ccc(Br)c(C(=O)CCCl)c1. The fraction of sp³-hybridized carbons (Fsp3) is 0.364. The largest absolute Gasteiger partial charge is 0.294 e. The summed E-state index contributed by atoms with van der Waals surface area (Å²) in [5.74, 6) is 0.476. The minimum Gasteiger partial charge on any atom is -0.294 e. The molecule has 0 saturated heterocycles. The van der Waals surface area contributed by atoms with E-state index in [1.165, 1.54) is 5.56 Å². The molecule has 1 nitrogen and oxygen atoms in total. The highest BCUT2D eigenvalue weighted by molar-refractivity contribution is 9.10. The molecule has 0 N–H and O–H groups in total. The van der Waals surface area contributed by atoms with Crippen molar-refractivity contribution in [1.82, 2.24) is 0 Å². The van der Waals surface area contributed by atoms with E-state index in [2.05, 4.69) is 22.9 Å². The number of carbonyl (C=O) groups excluding carboxylic acids is 1. The Balaban J connectivity index is 2.99. The lowest BCUT2D eigenvalue weighted by Crippen LogP contribution is -2.01. The van der Waals surface area contributed by atoms with Crippen LogP contribution in [0.4, 0.5) is 0 Å². The molecule has 0 saturated carbocycles. The molecular formula is C11H12BrClO. The Labute approximate surface area is 97.6 Å². The first-order valence-electron chi connectivity index (χ1n) is 4.56. The molecule has 76 valence electrons.